The molecule has 0 radical (unpaired) electrons. The third-order valence-corrected chi connectivity index (χ3v) is 2.56. The first-order valence-electron chi connectivity index (χ1n) is 5.88. The molecule has 1 aromatic rings. The largest absolute Gasteiger partial charge is 0.433 e. The molecule has 0 aliphatic carbocycles. The van der Waals surface area contributed by atoms with Gasteiger partial charge in [0.15, 0.2) is 5.69 Å². The van der Waals surface area contributed by atoms with Crippen LogP contribution in [0.15, 0.2) is 6.07 Å². The van der Waals surface area contributed by atoms with Crippen molar-refractivity contribution in [2.45, 2.75) is 25.4 Å². The Labute approximate surface area is 109 Å². The minimum Gasteiger partial charge on any atom is -0.396 e. The summed E-state index contributed by atoms with van der Waals surface area (Å²) in [7, 11) is 1.64. The molecule has 108 valence electrons. The minimum atomic E-state index is -4.54. The van der Waals surface area contributed by atoms with Gasteiger partial charge in [-0.2, -0.15) is 18.2 Å². The molecule has 0 amide bonds. The van der Waals surface area contributed by atoms with E-state index in [1.165, 1.54) is 0 Å². The Balaban J connectivity index is 2.74. The van der Waals surface area contributed by atoms with Gasteiger partial charge in [-0.15, -0.1) is 0 Å². The molecule has 8 heteroatoms. The lowest BCUT2D eigenvalue weighted by atomic mass is 10.2. The summed E-state index contributed by atoms with van der Waals surface area (Å²) in [5, 5.41) is 8.64. The number of nitrogen functional groups attached to an aromatic ring is 1. The number of hydrogen-bond donors (Lipinski definition) is 2. The molecule has 0 aliphatic heterocycles. The summed E-state index contributed by atoms with van der Waals surface area (Å²) in [6, 6.07) is 0.877. The number of aliphatic hydroxyl groups excluding tert-OH is 1. The van der Waals surface area contributed by atoms with Gasteiger partial charge in [-0.05, 0) is 19.3 Å². The smallest absolute Gasteiger partial charge is 0.396 e. The van der Waals surface area contributed by atoms with E-state index in [4.69, 9.17) is 10.8 Å². The van der Waals surface area contributed by atoms with Crippen molar-refractivity contribution in [1.82, 2.24) is 9.97 Å². The molecule has 5 nitrogen and oxygen atoms in total. The van der Waals surface area contributed by atoms with Crippen LogP contribution >= 0.6 is 0 Å². The zero-order valence-corrected chi connectivity index (χ0v) is 10.6. The molecule has 0 fully saturated rings. The van der Waals surface area contributed by atoms with Crippen molar-refractivity contribution < 1.29 is 18.3 Å². The number of anilines is 2. The average Bonchev–Trinajstić information content (AvgIpc) is 2.32. The molecule has 1 heterocycles. The average molecular weight is 278 g/mol. The SMILES string of the molecule is CN(CCCCCO)c1cc(C(F)(F)F)nc(N)n1. The second-order valence-corrected chi connectivity index (χ2v) is 4.17. The van der Waals surface area contributed by atoms with Crippen molar-refractivity contribution >= 4 is 11.8 Å². The van der Waals surface area contributed by atoms with E-state index in [0.29, 0.717) is 13.0 Å². The quantitative estimate of drug-likeness (QED) is 0.774. The van der Waals surface area contributed by atoms with Crippen molar-refractivity contribution in [3.63, 3.8) is 0 Å². The number of halogens is 3. The zero-order valence-electron chi connectivity index (χ0n) is 10.6. The first-order valence-corrected chi connectivity index (χ1v) is 5.88. The first-order chi connectivity index (χ1) is 8.84. The highest BCUT2D eigenvalue weighted by molar-refractivity contribution is 5.43. The summed E-state index contributed by atoms with van der Waals surface area (Å²) in [4.78, 5) is 8.56. The van der Waals surface area contributed by atoms with Crippen LogP contribution in [-0.2, 0) is 6.18 Å². The van der Waals surface area contributed by atoms with Gasteiger partial charge >= 0.3 is 6.18 Å². The predicted octanol–water partition coefficient (Wildman–Crippen LogP) is 1.68. The highest BCUT2D eigenvalue weighted by Crippen LogP contribution is 2.29. The predicted molar refractivity (Wildman–Crippen MR) is 65.7 cm³/mol. The fourth-order valence-corrected chi connectivity index (χ4v) is 1.55. The fourth-order valence-electron chi connectivity index (χ4n) is 1.55. The summed E-state index contributed by atoms with van der Waals surface area (Å²) in [6.45, 7) is 0.649. The Morgan fingerprint density at radius 3 is 2.53 bits per heavy atom. The van der Waals surface area contributed by atoms with Crippen LogP contribution in [0.5, 0.6) is 0 Å². The number of aromatic nitrogens is 2. The number of aliphatic hydroxyl groups is 1. The Bertz CT molecular complexity index is 411. The molecule has 0 saturated heterocycles. The van der Waals surface area contributed by atoms with E-state index in [9.17, 15) is 13.2 Å². The van der Waals surface area contributed by atoms with Crippen LogP contribution in [0.1, 0.15) is 25.0 Å². The molecule has 0 spiro atoms. The summed E-state index contributed by atoms with van der Waals surface area (Å²) in [5.74, 6) is -0.254. The van der Waals surface area contributed by atoms with Gasteiger partial charge in [0, 0.05) is 26.3 Å². The van der Waals surface area contributed by atoms with Gasteiger partial charge in [0.2, 0.25) is 5.95 Å². The standard InChI is InChI=1S/C11H17F3N4O/c1-18(5-3-2-4-6-19)9-7-8(11(12,13)14)16-10(15)17-9/h7,19H,2-6H2,1H3,(H2,15,16,17). The monoisotopic (exact) mass is 278 g/mol. The molecule has 0 bridgehead atoms. The van der Waals surface area contributed by atoms with Gasteiger partial charge in [-0.1, -0.05) is 0 Å². The molecule has 0 aromatic carbocycles. The summed E-state index contributed by atoms with van der Waals surface area (Å²) >= 11 is 0. The molecule has 0 saturated carbocycles. The number of nitrogens with two attached hydrogens (primary N) is 1. The highest BCUT2D eigenvalue weighted by Gasteiger charge is 2.33. The van der Waals surface area contributed by atoms with Gasteiger partial charge in [0.05, 0.1) is 0 Å². The lowest BCUT2D eigenvalue weighted by molar-refractivity contribution is -0.141. The molecule has 0 atom stereocenters. The maximum atomic E-state index is 12.6. The fraction of sp³-hybridized carbons (Fsp3) is 0.636. The van der Waals surface area contributed by atoms with Crippen LogP contribution in [0, 0.1) is 0 Å². The molecular weight excluding hydrogens is 261 g/mol. The highest BCUT2D eigenvalue weighted by atomic mass is 19.4. The van der Waals surface area contributed by atoms with E-state index >= 15 is 0 Å². The molecular formula is C11H17F3N4O. The number of nitrogens with zero attached hydrogens (tertiary/aromatic N) is 3. The van der Waals surface area contributed by atoms with Crippen molar-refractivity contribution in [3.8, 4) is 0 Å². The van der Waals surface area contributed by atoms with Gasteiger partial charge in [-0.25, -0.2) is 4.98 Å². The molecule has 19 heavy (non-hydrogen) atoms. The summed E-state index contributed by atoms with van der Waals surface area (Å²) < 4.78 is 37.7. The molecule has 1 rings (SSSR count). The van der Waals surface area contributed by atoms with E-state index in [1.807, 2.05) is 0 Å². The van der Waals surface area contributed by atoms with E-state index in [1.54, 1.807) is 11.9 Å². The van der Waals surface area contributed by atoms with Crippen LogP contribution in [0.4, 0.5) is 24.9 Å². The van der Waals surface area contributed by atoms with Crippen LogP contribution in [0.2, 0.25) is 0 Å². The van der Waals surface area contributed by atoms with Crippen molar-refractivity contribution in [2.75, 3.05) is 30.8 Å². The first kappa shape index (κ1) is 15.5. The molecule has 0 aliphatic rings. The van der Waals surface area contributed by atoms with Gasteiger partial charge < -0.3 is 15.7 Å². The van der Waals surface area contributed by atoms with Crippen molar-refractivity contribution in [1.29, 1.82) is 0 Å². The maximum absolute atomic E-state index is 12.6. The second kappa shape index (κ2) is 6.55. The van der Waals surface area contributed by atoms with Crippen LogP contribution < -0.4 is 10.6 Å². The van der Waals surface area contributed by atoms with Crippen molar-refractivity contribution in [2.24, 2.45) is 0 Å². The number of hydrogen-bond acceptors (Lipinski definition) is 5. The Morgan fingerprint density at radius 2 is 1.95 bits per heavy atom. The topological polar surface area (TPSA) is 75.3 Å². The molecule has 0 unspecified atom stereocenters. The van der Waals surface area contributed by atoms with E-state index < -0.39 is 17.8 Å². The third kappa shape index (κ3) is 4.90. The Kier molecular flexibility index (Phi) is 5.34. The summed E-state index contributed by atoms with van der Waals surface area (Å²) in [5.41, 5.74) is 4.24. The normalized spacial score (nSPS) is 11.6. The number of unbranched alkanes of at least 4 members (excludes halogenated alkanes) is 2. The lowest BCUT2D eigenvalue weighted by Gasteiger charge is -2.19. The zero-order chi connectivity index (χ0) is 14.5. The van der Waals surface area contributed by atoms with E-state index in [-0.39, 0.29) is 12.4 Å². The van der Waals surface area contributed by atoms with Crippen molar-refractivity contribution in [3.05, 3.63) is 11.8 Å². The maximum Gasteiger partial charge on any atom is 0.433 e. The Hall–Kier alpha value is -1.57. The van der Waals surface area contributed by atoms with Gasteiger partial charge in [0.1, 0.15) is 5.82 Å². The lowest BCUT2D eigenvalue weighted by Crippen LogP contribution is -2.22. The van der Waals surface area contributed by atoms with Crippen LogP contribution in [-0.4, -0.2) is 35.3 Å². The summed E-state index contributed by atoms with van der Waals surface area (Å²) in [6.07, 6.45) is -2.31. The number of alkyl halides is 3. The minimum absolute atomic E-state index is 0.113. The van der Waals surface area contributed by atoms with E-state index in [0.717, 1.165) is 18.9 Å². The van der Waals surface area contributed by atoms with Gasteiger partial charge in [0.25, 0.3) is 0 Å². The van der Waals surface area contributed by atoms with Gasteiger partial charge in [-0.3, -0.25) is 0 Å². The second-order valence-electron chi connectivity index (χ2n) is 4.17. The molecule has 1 aromatic heterocycles. The Morgan fingerprint density at radius 1 is 1.26 bits per heavy atom. The number of rotatable bonds is 6. The third-order valence-electron chi connectivity index (χ3n) is 2.56. The van der Waals surface area contributed by atoms with Crippen LogP contribution in [0.25, 0.3) is 0 Å². The molecule has 3 N–H and O–H groups in total. The van der Waals surface area contributed by atoms with E-state index in [2.05, 4.69) is 9.97 Å². The van der Waals surface area contributed by atoms with Crippen LogP contribution in [0.3, 0.4) is 0 Å².